The van der Waals surface area contributed by atoms with Crippen LogP contribution in [0.15, 0.2) is 30.3 Å². The van der Waals surface area contributed by atoms with Gasteiger partial charge in [-0.05, 0) is 18.6 Å². The predicted octanol–water partition coefficient (Wildman–Crippen LogP) is 3.32. The Balaban J connectivity index is 2.12. The third kappa shape index (κ3) is 2.49. The van der Waals surface area contributed by atoms with E-state index in [2.05, 4.69) is 10.3 Å². The third-order valence-electron chi connectivity index (χ3n) is 3.34. The molecule has 110 valence electrons. The predicted molar refractivity (Wildman–Crippen MR) is 77.3 cm³/mol. The molecule has 4 nitrogen and oxygen atoms in total. The molecule has 1 N–H and O–H groups in total. The fraction of sp³-hybridized carbons (Fsp3) is 0.267. The lowest BCUT2D eigenvalue weighted by Crippen LogP contribution is -2.21. The van der Waals surface area contributed by atoms with Gasteiger partial charge < -0.3 is 15.0 Å². The molecule has 0 aliphatic carbocycles. The molecule has 0 radical (unpaired) electrons. The van der Waals surface area contributed by atoms with Crippen LogP contribution >= 0.6 is 0 Å². The van der Waals surface area contributed by atoms with Crippen molar-refractivity contribution in [3.05, 3.63) is 42.0 Å². The third-order valence-corrected chi connectivity index (χ3v) is 3.34. The summed E-state index contributed by atoms with van der Waals surface area (Å²) in [7, 11) is 1.55. The smallest absolute Gasteiger partial charge is 0.171 e. The highest BCUT2D eigenvalue weighted by Gasteiger charge is 2.23. The van der Waals surface area contributed by atoms with Crippen molar-refractivity contribution in [2.75, 3.05) is 30.4 Å². The molecule has 0 amide bonds. The molecule has 21 heavy (non-hydrogen) atoms. The van der Waals surface area contributed by atoms with Gasteiger partial charge in [-0.2, -0.15) is 0 Å². The molecule has 6 heteroatoms. The number of benzene rings is 1. The van der Waals surface area contributed by atoms with E-state index >= 15 is 0 Å². The first kappa shape index (κ1) is 13.6. The number of anilines is 3. The number of hydrogen-bond acceptors (Lipinski definition) is 4. The highest BCUT2D eigenvalue weighted by atomic mass is 19.1. The van der Waals surface area contributed by atoms with Crippen LogP contribution in [0.25, 0.3) is 0 Å². The van der Waals surface area contributed by atoms with Crippen molar-refractivity contribution < 1.29 is 13.5 Å². The van der Waals surface area contributed by atoms with Crippen molar-refractivity contribution in [3.63, 3.8) is 0 Å². The van der Waals surface area contributed by atoms with Crippen LogP contribution in [0.2, 0.25) is 0 Å². The molecule has 0 atom stereocenters. The van der Waals surface area contributed by atoms with Gasteiger partial charge in [0, 0.05) is 19.7 Å². The SMILES string of the molecule is CNc1nc(N2CCCOc3ccccc32)c(F)cc1F. The summed E-state index contributed by atoms with van der Waals surface area (Å²) in [5.41, 5.74) is 0.732. The Bertz CT molecular complexity index is 663. The maximum atomic E-state index is 14.2. The molecule has 0 saturated carbocycles. The van der Waals surface area contributed by atoms with Crippen molar-refractivity contribution >= 4 is 17.3 Å². The Hall–Kier alpha value is -2.37. The van der Waals surface area contributed by atoms with Crippen LogP contribution in [0.1, 0.15) is 6.42 Å². The summed E-state index contributed by atoms with van der Waals surface area (Å²) < 4.78 is 33.4. The number of para-hydroxylation sites is 2. The standard InChI is InChI=1S/C15H15F2N3O/c1-18-14-10(16)9-11(17)15(19-14)20-7-4-8-21-13-6-3-2-5-12(13)20/h2-3,5-6,9H,4,7-8H2,1H3,(H,18,19). The fourth-order valence-corrected chi connectivity index (χ4v) is 2.37. The number of aromatic nitrogens is 1. The Kier molecular flexibility index (Phi) is 3.60. The van der Waals surface area contributed by atoms with Crippen molar-refractivity contribution in [2.24, 2.45) is 0 Å². The highest BCUT2D eigenvalue weighted by molar-refractivity contribution is 5.68. The van der Waals surface area contributed by atoms with Gasteiger partial charge in [0.2, 0.25) is 0 Å². The molecular weight excluding hydrogens is 276 g/mol. The first-order valence-corrected chi connectivity index (χ1v) is 6.74. The van der Waals surface area contributed by atoms with Gasteiger partial charge >= 0.3 is 0 Å². The zero-order chi connectivity index (χ0) is 14.8. The number of nitrogens with one attached hydrogen (secondary N) is 1. The Morgan fingerprint density at radius 2 is 2.05 bits per heavy atom. The molecular formula is C15H15F2N3O. The highest BCUT2D eigenvalue weighted by Crippen LogP contribution is 2.36. The van der Waals surface area contributed by atoms with E-state index in [0.29, 0.717) is 18.9 Å². The van der Waals surface area contributed by atoms with Gasteiger partial charge in [-0.15, -0.1) is 0 Å². The van der Waals surface area contributed by atoms with Crippen molar-refractivity contribution in [2.45, 2.75) is 6.42 Å². The summed E-state index contributed by atoms with van der Waals surface area (Å²) in [6.07, 6.45) is 0.724. The first-order chi connectivity index (χ1) is 10.2. The van der Waals surface area contributed by atoms with Crippen LogP contribution in [-0.4, -0.2) is 25.2 Å². The van der Waals surface area contributed by atoms with Crippen LogP contribution in [0.5, 0.6) is 5.75 Å². The molecule has 1 aromatic carbocycles. The first-order valence-electron chi connectivity index (χ1n) is 6.74. The van der Waals surface area contributed by atoms with E-state index in [1.54, 1.807) is 11.9 Å². The normalized spacial score (nSPS) is 14.1. The van der Waals surface area contributed by atoms with E-state index in [0.717, 1.165) is 18.2 Å². The average molecular weight is 291 g/mol. The number of ether oxygens (including phenoxy) is 1. The molecule has 0 fully saturated rings. The van der Waals surface area contributed by atoms with Crippen LogP contribution in [0, 0.1) is 11.6 Å². The Morgan fingerprint density at radius 1 is 1.24 bits per heavy atom. The molecule has 0 saturated heterocycles. The summed E-state index contributed by atoms with van der Waals surface area (Å²) in [5, 5.41) is 2.63. The van der Waals surface area contributed by atoms with Crippen LogP contribution in [0.3, 0.4) is 0 Å². The number of nitrogens with zero attached hydrogens (tertiary/aromatic N) is 2. The lowest BCUT2D eigenvalue weighted by atomic mass is 10.2. The second kappa shape index (κ2) is 5.55. The quantitative estimate of drug-likeness (QED) is 0.921. The number of rotatable bonds is 2. The molecule has 2 aromatic rings. The molecule has 0 bridgehead atoms. The second-order valence-electron chi connectivity index (χ2n) is 4.70. The van der Waals surface area contributed by atoms with E-state index in [4.69, 9.17) is 4.74 Å². The molecule has 3 rings (SSSR count). The monoisotopic (exact) mass is 291 g/mol. The lowest BCUT2D eigenvalue weighted by molar-refractivity contribution is 0.322. The minimum atomic E-state index is -0.710. The molecule has 0 spiro atoms. The molecule has 1 aliphatic rings. The van der Waals surface area contributed by atoms with Crippen molar-refractivity contribution in [1.82, 2.24) is 4.98 Å². The van der Waals surface area contributed by atoms with E-state index in [1.165, 1.54) is 0 Å². The fourth-order valence-electron chi connectivity index (χ4n) is 2.37. The van der Waals surface area contributed by atoms with Gasteiger partial charge in [0.1, 0.15) is 5.75 Å². The zero-order valence-corrected chi connectivity index (χ0v) is 11.6. The van der Waals surface area contributed by atoms with Gasteiger partial charge in [0.15, 0.2) is 23.3 Å². The van der Waals surface area contributed by atoms with Gasteiger partial charge in [-0.3, -0.25) is 0 Å². The van der Waals surface area contributed by atoms with Crippen LogP contribution in [-0.2, 0) is 0 Å². The summed E-state index contributed by atoms with van der Waals surface area (Å²) in [6, 6.07) is 8.22. The van der Waals surface area contributed by atoms with E-state index in [-0.39, 0.29) is 11.6 Å². The van der Waals surface area contributed by atoms with Gasteiger partial charge in [-0.1, -0.05) is 12.1 Å². The van der Waals surface area contributed by atoms with Gasteiger partial charge in [0.05, 0.1) is 12.3 Å². The Morgan fingerprint density at radius 3 is 2.86 bits per heavy atom. The van der Waals surface area contributed by atoms with Crippen molar-refractivity contribution in [3.8, 4) is 5.75 Å². The molecule has 1 aliphatic heterocycles. The zero-order valence-electron chi connectivity index (χ0n) is 11.6. The van der Waals surface area contributed by atoms with E-state index in [9.17, 15) is 8.78 Å². The topological polar surface area (TPSA) is 37.4 Å². The lowest BCUT2D eigenvalue weighted by Gasteiger charge is -2.23. The summed E-state index contributed by atoms with van der Waals surface area (Å²) in [4.78, 5) is 5.78. The average Bonchev–Trinajstić information content (AvgIpc) is 2.70. The molecule has 1 aromatic heterocycles. The van der Waals surface area contributed by atoms with Gasteiger partial charge in [0.25, 0.3) is 0 Å². The largest absolute Gasteiger partial charge is 0.491 e. The Labute approximate surface area is 121 Å². The summed E-state index contributed by atoms with van der Waals surface area (Å²) in [5.74, 6) is -0.611. The molecule has 2 heterocycles. The number of pyridine rings is 1. The van der Waals surface area contributed by atoms with E-state index in [1.807, 2.05) is 24.3 Å². The van der Waals surface area contributed by atoms with Crippen molar-refractivity contribution in [1.29, 1.82) is 0 Å². The van der Waals surface area contributed by atoms with Gasteiger partial charge in [-0.25, -0.2) is 13.8 Å². The molecule has 0 unspecified atom stereocenters. The van der Waals surface area contributed by atoms with Crippen LogP contribution < -0.4 is 15.0 Å². The number of fused-ring (bicyclic) bond motifs is 1. The minimum absolute atomic E-state index is 0.0223. The second-order valence-corrected chi connectivity index (χ2v) is 4.70. The minimum Gasteiger partial charge on any atom is -0.491 e. The van der Waals surface area contributed by atoms with Crippen LogP contribution in [0.4, 0.5) is 26.1 Å². The number of hydrogen-bond donors (Lipinski definition) is 1. The summed E-state index contributed by atoms with van der Waals surface area (Å²) in [6.45, 7) is 1.10. The maximum absolute atomic E-state index is 14.2. The maximum Gasteiger partial charge on any atom is 0.171 e. The number of halogens is 2. The summed E-state index contributed by atoms with van der Waals surface area (Å²) >= 11 is 0. The van der Waals surface area contributed by atoms with E-state index < -0.39 is 11.6 Å².